The molecule has 0 saturated heterocycles. The van der Waals surface area contributed by atoms with Gasteiger partial charge < -0.3 is 14.7 Å². The number of ether oxygens (including phenoxy) is 1. The maximum atomic E-state index is 11.7. The number of hydrogen-bond acceptors (Lipinski definition) is 3. The fourth-order valence-electron chi connectivity index (χ4n) is 3.64. The Bertz CT molecular complexity index is 671. The summed E-state index contributed by atoms with van der Waals surface area (Å²) in [7, 11) is 4.19. The van der Waals surface area contributed by atoms with Crippen LogP contribution in [-0.4, -0.2) is 30.6 Å². The summed E-state index contributed by atoms with van der Waals surface area (Å²) < 4.78 is 6.16. The molecule has 0 aliphatic carbocycles. The lowest BCUT2D eigenvalue weighted by Gasteiger charge is -2.31. The largest absolute Gasteiger partial charge is 0.457 e. The van der Waals surface area contributed by atoms with Crippen LogP contribution in [0, 0.1) is 0 Å². The van der Waals surface area contributed by atoms with Crippen molar-refractivity contribution in [2.24, 2.45) is 0 Å². The van der Waals surface area contributed by atoms with Crippen LogP contribution in [0.25, 0.3) is 0 Å². The van der Waals surface area contributed by atoms with Gasteiger partial charge in [0.1, 0.15) is 11.5 Å². The fourth-order valence-corrected chi connectivity index (χ4v) is 3.64. The highest BCUT2D eigenvalue weighted by Crippen LogP contribution is 2.39. The molecule has 3 heteroatoms. The second-order valence-corrected chi connectivity index (χ2v) is 8.01. The summed E-state index contributed by atoms with van der Waals surface area (Å²) in [6, 6.07) is 17.8. The molecule has 154 valence electrons. The van der Waals surface area contributed by atoms with Crippen molar-refractivity contribution >= 4 is 0 Å². The summed E-state index contributed by atoms with van der Waals surface area (Å²) in [5.41, 5.74) is 0.0750. The summed E-state index contributed by atoms with van der Waals surface area (Å²) in [6.45, 7) is 3.27. The molecular weight excluding hydrogens is 346 g/mol. The van der Waals surface area contributed by atoms with E-state index < -0.39 is 5.60 Å². The molecule has 0 heterocycles. The van der Waals surface area contributed by atoms with Crippen molar-refractivity contribution in [3.05, 3.63) is 60.2 Å². The van der Waals surface area contributed by atoms with Crippen molar-refractivity contribution in [2.45, 2.75) is 63.9 Å². The normalized spacial score (nSPS) is 13.5. The molecule has 0 aromatic heterocycles. The van der Waals surface area contributed by atoms with Gasteiger partial charge >= 0.3 is 0 Å². The first-order chi connectivity index (χ1) is 13.5. The van der Waals surface area contributed by atoms with Crippen LogP contribution in [0.1, 0.15) is 63.9 Å². The number of benzene rings is 2. The van der Waals surface area contributed by atoms with Crippen LogP contribution in [0.5, 0.6) is 11.5 Å². The Morgan fingerprint density at radius 2 is 1.46 bits per heavy atom. The third-order valence-corrected chi connectivity index (χ3v) is 5.25. The minimum absolute atomic E-state index is 0.763. The van der Waals surface area contributed by atoms with Gasteiger partial charge in [0.2, 0.25) is 0 Å². The van der Waals surface area contributed by atoms with E-state index in [1.165, 1.54) is 12.8 Å². The molecule has 0 radical (unpaired) electrons. The highest BCUT2D eigenvalue weighted by atomic mass is 16.5. The monoisotopic (exact) mass is 383 g/mol. The SMILES string of the molecule is CCCCCCC(O)(CCCCN(C)C)c1ccccc1Oc1ccccc1. The van der Waals surface area contributed by atoms with E-state index in [4.69, 9.17) is 4.74 Å². The number of hydrogen-bond donors (Lipinski definition) is 1. The van der Waals surface area contributed by atoms with Gasteiger partial charge in [-0.15, -0.1) is 0 Å². The standard InChI is InChI=1S/C25H37NO2/c1-4-5-6-12-19-25(27,20-13-14-21-26(2)3)23-17-10-11-18-24(23)28-22-15-8-7-9-16-22/h7-11,15-18,27H,4-6,12-14,19-21H2,1-3H3. The Balaban J connectivity index is 2.18. The molecule has 0 bridgehead atoms. The average molecular weight is 384 g/mol. The lowest BCUT2D eigenvalue weighted by atomic mass is 9.83. The van der Waals surface area contributed by atoms with Gasteiger partial charge in [0.25, 0.3) is 0 Å². The first-order valence-corrected chi connectivity index (χ1v) is 10.7. The molecular formula is C25H37NO2. The predicted molar refractivity (Wildman–Crippen MR) is 118 cm³/mol. The van der Waals surface area contributed by atoms with E-state index >= 15 is 0 Å². The number of rotatable bonds is 13. The minimum Gasteiger partial charge on any atom is -0.457 e. The van der Waals surface area contributed by atoms with Crippen molar-refractivity contribution in [3.63, 3.8) is 0 Å². The number of unbranched alkanes of at least 4 members (excludes halogenated alkanes) is 4. The molecule has 1 N–H and O–H groups in total. The van der Waals surface area contributed by atoms with E-state index in [2.05, 4.69) is 25.9 Å². The molecule has 0 saturated carbocycles. The molecule has 0 amide bonds. The van der Waals surface area contributed by atoms with Gasteiger partial charge in [-0.1, -0.05) is 69.0 Å². The van der Waals surface area contributed by atoms with E-state index in [-0.39, 0.29) is 0 Å². The highest BCUT2D eigenvalue weighted by molar-refractivity contribution is 5.41. The molecule has 0 spiro atoms. The summed E-state index contributed by atoms with van der Waals surface area (Å²) in [5.74, 6) is 1.56. The smallest absolute Gasteiger partial charge is 0.133 e. The third kappa shape index (κ3) is 7.29. The summed E-state index contributed by atoms with van der Waals surface area (Å²) in [6.07, 6.45) is 8.27. The minimum atomic E-state index is -0.842. The summed E-state index contributed by atoms with van der Waals surface area (Å²) >= 11 is 0. The molecule has 2 aromatic carbocycles. The summed E-state index contributed by atoms with van der Waals surface area (Å²) in [4.78, 5) is 2.20. The van der Waals surface area contributed by atoms with Gasteiger partial charge in [0, 0.05) is 5.56 Å². The van der Waals surface area contributed by atoms with E-state index in [1.54, 1.807) is 0 Å². The molecule has 1 unspecified atom stereocenters. The average Bonchev–Trinajstić information content (AvgIpc) is 2.70. The maximum Gasteiger partial charge on any atom is 0.133 e. The van der Waals surface area contributed by atoms with Crippen molar-refractivity contribution in [3.8, 4) is 11.5 Å². The first-order valence-electron chi connectivity index (χ1n) is 10.7. The molecule has 1 atom stereocenters. The highest BCUT2D eigenvalue weighted by Gasteiger charge is 2.31. The zero-order valence-corrected chi connectivity index (χ0v) is 17.9. The Morgan fingerprint density at radius 1 is 0.821 bits per heavy atom. The van der Waals surface area contributed by atoms with Crippen LogP contribution in [-0.2, 0) is 5.60 Å². The molecule has 0 aliphatic heterocycles. The second-order valence-electron chi connectivity index (χ2n) is 8.01. The second kappa shape index (κ2) is 11.9. The van der Waals surface area contributed by atoms with Crippen LogP contribution >= 0.6 is 0 Å². The molecule has 3 nitrogen and oxygen atoms in total. The van der Waals surface area contributed by atoms with Crippen molar-refractivity contribution in [1.29, 1.82) is 0 Å². The number of aliphatic hydroxyl groups is 1. The zero-order chi connectivity index (χ0) is 20.2. The topological polar surface area (TPSA) is 32.7 Å². The van der Waals surface area contributed by atoms with Gasteiger partial charge in [-0.3, -0.25) is 0 Å². The fraction of sp³-hybridized carbons (Fsp3) is 0.520. The van der Waals surface area contributed by atoms with Gasteiger partial charge in [-0.25, -0.2) is 0 Å². The van der Waals surface area contributed by atoms with Crippen molar-refractivity contribution < 1.29 is 9.84 Å². The Labute approximate surface area is 171 Å². The van der Waals surface area contributed by atoms with Crippen LogP contribution in [0.4, 0.5) is 0 Å². The number of nitrogens with zero attached hydrogens (tertiary/aromatic N) is 1. The van der Waals surface area contributed by atoms with Crippen LogP contribution in [0.15, 0.2) is 54.6 Å². The molecule has 2 rings (SSSR count). The lowest BCUT2D eigenvalue weighted by Crippen LogP contribution is -2.27. The zero-order valence-electron chi connectivity index (χ0n) is 17.9. The van der Waals surface area contributed by atoms with Crippen molar-refractivity contribution in [2.75, 3.05) is 20.6 Å². The van der Waals surface area contributed by atoms with E-state index in [0.717, 1.165) is 62.1 Å². The quantitative estimate of drug-likeness (QED) is 0.408. The Kier molecular flexibility index (Phi) is 9.52. The molecule has 0 aliphatic rings. The van der Waals surface area contributed by atoms with Crippen LogP contribution in [0.3, 0.4) is 0 Å². The summed E-state index contributed by atoms with van der Waals surface area (Å²) in [5, 5.41) is 11.7. The van der Waals surface area contributed by atoms with Gasteiger partial charge in [-0.05, 0) is 64.5 Å². The first kappa shape index (κ1) is 22.4. The van der Waals surface area contributed by atoms with Gasteiger partial charge in [-0.2, -0.15) is 0 Å². The molecule has 0 fully saturated rings. The Hall–Kier alpha value is -1.84. The molecule has 2 aromatic rings. The van der Waals surface area contributed by atoms with Gasteiger partial charge in [0.15, 0.2) is 0 Å². The van der Waals surface area contributed by atoms with E-state index in [9.17, 15) is 5.11 Å². The van der Waals surface area contributed by atoms with E-state index in [0.29, 0.717) is 0 Å². The number of para-hydroxylation sites is 2. The third-order valence-electron chi connectivity index (χ3n) is 5.25. The maximum absolute atomic E-state index is 11.7. The molecule has 28 heavy (non-hydrogen) atoms. The van der Waals surface area contributed by atoms with Crippen LogP contribution < -0.4 is 4.74 Å². The van der Waals surface area contributed by atoms with Crippen molar-refractivity contribution in [1.82, 2.24) is 4.90 Å². The Morgan fingerprint density at radius 3 is 2.14 bits per heavy atom. The van der Waals surface area contributed by atoms with Gasteiger partial charge in [0.05, 0.1) is 5.60 Å². The predicted octanol–water partition coefficient (Wildman–Crippen LogP) is 6.37. The lowest BCUT2D eigenvalue weighted by molar-refractivity contribution is 0.0113. The van der Waals surface area contributed by atoms with Crippen LogP contribution in [0.2, 0.25) is 0 Å². The van der Waals surface area contributed by atoms with E-state index in [1.807, 2.05) is 54.6 Å².